The maximum absolute atomic E-state index is 12.4. The number of anilines is 1. The lowest BCUT2D eigenvalue weighted by Gasteiger charge is -2.35. The summed E-state index contributed by atoms with van der Waals surface area (Å²) >= 11 is 0. The molecule has 3 fully saturated rings. The summed E-state index contributed by atoms with van der Waals surface area (Å²) in [6.07, 6.45) is 7.99. The molecule has 2 saturated carbocycles. The molecule has 2 aliphatic carbocycles. The van der Waals surface area contributed by atoms with Crippen LogP contribution in [-0.2, 0) is 0 Å². The van der Waals surface area contributed by atoms with Gasteiger partial charge in [0.25, 0.3) is 5.91 Å². The molecule has 1 N–H and O–H groups in total. The average molecular weight is 357 g/mol. The van der Waals surface area contributed by atoms with Crippen molar-refractivity contribution in [2.75, 3.05) is 31.1 Å². The van der Waals surface area contributed by atoms with E-state index in [1.54, 1.807) is 6.20 Å². The Morgan fingerprint density at radius 3 is 2.77 bits per heavy atom. The first-order chi connectivity index (χ1) is 12.6. The molecule has 4 rings (SSSR count). The SMILES string of the molecule is CC(C)[C@@H]1CN(c2cc(C(=O)NC3CC3)ccn2)CCCN1CC1CC1. The molecule has 3 aliphatic rings. The van der Waals surface area contributed by atoms with Crippen molar-refractivity contribution in [3.8, 4) is 0 Å². The summed E-state index contributed by atoms with van der Waals surface area (Å²) in [6, 6.07) is 4.76. The number of carbonyl (C=O) groups excluding carboxylic acids is 1. The van der Waals surface area contributed by atoms with E-state index in [9.17, 15) is 4.79 Å². The highest BCUT2D eigenvalue weighted by atomic mass is 16.1. The molecular weight excluding hydrogens is 324 g/mol. The van der Waals surface area contributed by atoms with Gasteiger partial charge in [-0.2, -0.15) is 0 Å². The fourth-order valence-corrected chi connectivity index (χ4v) is 3.99. The van der Waals surface area contributed by atoms with Crippen LogP contribution in [0.1, 0.15) is 56.3 Å². The number of nitrogens with one attached hydrogen (secondary N) is 1. The molecule has 0 unspecified atom stereocenters. The van der Waals surface area contributed by atoms with Gasteiger partial charge in [-0.15, -0.1) is 0 Å². The lowest BCUT2D eigenvalue weighted by atomic mass is 10.0. The van der Waals surface area contributed by atoms with Crippen molar-refractivity contribution in [1.29, 1.82) is 0 Å². The number of pyridine rings is 1. The van der Waals surface area contributed by atoms with E-state index in [2.05, 4.69) is 33.9 Å². The van der Waals surface area contributed by atoms with Crippen molar-refractivity contribution >= 4 is 11.7 Å². The molecule has 26 heavy (non-hydrogen) atoms. The number of amides is 1. The summed E-state index contributed by atoms with van der Waals surface area (Å²) < 4.78 is 0. The topological polar surface area (TPSA) is 48.5 Å². The fraction of sp³-hybridized carbons (Fsp3) is 0.714. The normalized spacial score (nSPS) is 24.6. The monoisotopic (exact) mass is 356 g/mol. The quantitative estimate of drug-likeness (QED) is 0.851. The maximum atomic E-state index is 12.4. The lowest BCUT2D eigenvalue weighted by molar-refractivity contribution is 0.0951. The van der Waals surface area contributed by atoms with Gasteiger partial charge >= 0.3 is 0 Å². The molecule has 2 heterocycles. The lowest BCUT2D eigenvalue weighted by Crippen LogP contribution is -2.45. The smallest absolute Gasteiger partial charge is 0.251 e. The number of rotatable bonds is 6. The van der Waals surface area contributed by atoms with E-state index in [4.69, 9.17) is 0 Å². The molecule has 0 radical (unpaired) electrons. The van der Waals surface area contributed by atoms with Gasteiger partial charge in [-0.05, 0) is 56.1 Å². The molecule has 1 aromatic heterocycles. The van der Waals surface area contributed by atoms with E-state index in [0.29, 0.717) is 18.0 Å². The molecule has 1 amide bonds. The van der Waals surface area contributed by atoms with E-state index in [-0.39, 0.29) is 5.91 Å². The molecule has 1 saturated heterocycles. The van der Waals surface area contributed by atoms with Gasteiger partial charge in [0.2, 0.25) is 0 Å². The van der Waals surface area contributed by atoms with E-state index in [0.717, 1.165) is 49.7 Å². The van der Waals surface area contributed by atoms with Crippen LogP contribution in [0, 0.1) is 11.8 Å². The Balaban J connectivity index is 1.48. The first kappa shape index (κ1) is 17.8. The van der Waals surface area contributed by atoms with E-state index >= 15 is 0 Å². The molecule has 0 bridgehead atoms. The molecule has 1 aromatic rings. The average Bonchev–Trinajstić information content (AvgIpc) is 3.51. The Morgan fingerprint density at radius 2 is 2.08 bits per heavy atom. The van der Waals surface area contributed by atoms with E-state index in [1.807, 2.05) is 12.1 Å². The van der Waals surface area contributed by atoms with Gasteiger partial charge < -0.3 is 10.2 Å². The van der Waals surface area contributed by atoms with Crippen LogP contribution in [0.2, 0.25) is 0 Å². The highest BCUT2D eigenvalue weighted by Gasteiger charge is 2.32. The van der Waals surface area contributed by atoms with Gasteiger partial charge in [-0.1, -0.05) is 13.8 Å². The molecule has 0 aromatic carbocycles. The second-order valence-electron chi connectivity index (χ2n) is 8.70. The molecule has 0 spiro atoms. The minimum absolute atomic E-state index is 0.0433. The van der Waals surface area contributed by atoms with Crippen molar-refractivity contribution in [2.24, 2.45) is 11.8 Å². The van der Waals surface area contributed by atoms with Crippen molar-refractivity contribution in [2.45, 2.75) is 58.0 Å². The van der Waals surface area contributed by atoms with Gasteiger partial charge in [-0.3, -0.25) is 9.69 Å². The van der Waals surface area contributed by atoms with E-state index in [1.165, 1.54) is 25.9 Å². The predicted molar refractivity (Wildman–Crippen MR) is 104 cm³/mol. The van der Waals surface area contributed by atoms with Crippen LogP contribution < -0.4 is 10.2 Å². The minimum atomic E-state index is 0.0433. The van der Waals surface area contributed by atoms with Crippen LogP contribution in [0.4, 0.5) is 5.82 Å². The van der Waals surface area contributed by atoms with E-state index < -0.39 is 0 Å². The summed E-state index contributed by atoms with van der Waals surface area (Å²) in [4.78, 5) is 22.1. The summed E-state index contributed by atoms with van der Waals surface area (Å²) in [5.41, 5.74) is 0.738. The predicted octanol–water partition coefficient (Wildman–Crippen LogP) is 2.92. The van der Waals surface area contributed by atoms with Crippen molar-refractivity contribution in [3.05, 3.63) is 23.9 Å². The van der Waals surface area contributed by atoms with Crippen LogP contribution in [0.5, 0.6) is 0 Å². The van der Waals surface area contributed by atoms with Crippen LogP contribution in [0.25, 0.3) is 0 Å². The minimum Gasteiger partial charge on any atom is -0.355 e. The standard InChI is InChI=1S/C21H32N4O/c1-15(2)19-14-25(11-3-10-24(19)13-16-4-5-16)20-12-17(8-9-22-20)21(26)23-18-6-7-18/h8-9,12,15-16,18-19H,3-7,10-11,13-14H2,1-2H3,(H,23,26)/t19-/m0/s1. The van der Waals surface area contributed by atoms with Gasteiger partial charge in [0, 0.05) is 50.0 Å². The number of hydrogen-bond donors (Lipinski definition) is 1. The third-order valence-corrected chi connectivity index (χ3v) is 5.95. The zero-order valence-electron chi connectivity index (χ0n) is 16.2. The highest BCUT2D eigenvalue weighted by molar-refractivity contribution is 5.95. The van der Waals surface area contributed by atoms with Crippen molar-refractivity contribution in [3.63, 3.8) is 0 Å². The second kappa shape index (κ2) is 7.55. The van der Waals surface area contributed by atoms with Gasteiger partial charge in [0.05, 0.1) is 0 Å². The maximum Gasteiger partial charge on any atom is 0.251 e. The van der Waals surface area contributed by atoms with Crippen LogP contribution >= 0.6 is 0 Å². The Labute approximate surface area is 157 Å². The van der Waals surface area contributed by atoms with Crippen LogP contribution in [-0.4, -0.2) is 54.1 Å². The first-order valence-corrected chi connectivity index (χ1v) is 10.4. The zero-order valence-corrected chi connectivity index (χ0v) is 16.2. The number of hydrogen-bond acceptors (Lipinski definition) is 4. The largest absolute Gasteiger partial charge is 0.355 e. The van der Waals surface area contributed by atoms with Crippen LogP contribution in [0.15, 0.2) is 18.3 Å². The summed E-state index contributed by atoms with van der Waals surface area (Å²) in [5, 5.41) is 3.08. The Hall–Kier alpha value is -1.62. The zero-order chi connectivity index (χ0) is 18.1. The molecule has 5 heteroatoms. The number of nitrogens with zero attached hydrogens (tertiary/aromatic N) is 3. The first-order valence-electron chi connectivity index (χ1n) is 10.4. The third kappa shape index (κ3) is 4.37. The summed E-state index contributed by atoms with van der Waals surface area (Å²) in [5.74, 6) is 2.54. The van der Waals surface area contributed by atoms with Gasteiger partial charge in [0.15, 0.2) is 0 Å². The molecule has 5 nitrogen and oxygen atoms in total. The Bertz CT molecular complexity index is 639. The molecular formula is C21H32N4O. The Morgan fingerprint density at radius 1 is 1.27 bits per heavy atom. The van der Waals surface area contributed by atoms with Gasteiger partial charge in [-0.25, -0.2) is 4.98 Å². The van der Waals surface area contributed by atoms with Crippen molar-refractivity contribution < 1.29 is 4.79 Å². The summed E-state index contributed by atoms with van der Waals surface area (Å²) in [7, 11) is 0. The fourth-order valence-electron chi connectivity index (χ4n) is 3.99. The van der Waals surface area contributed by atoms with Gasteiger partial charge in [0.1, 0.15) is 5.82 Å². The molecule has 1 aliphatic heterocycles. The molecule has 1 atom stereocenters. The third-order valence-electron chi connectivity index (χ3n) is 5.95. The molecule has 142 valence electrons. The van der Waals surface area contributed by atoms with Crippen LogP contribution in [0.3, 0.4) is 0 Å². The highest BCUT2D eigenvalue weighted by Crippen LogP contribution is 2.32. The van der Waals surface area contributed by atoms with Crippen molar-refractivity contribution in [1.82, 2.24) is 15.2 Å². The number of carbonyl (C=O) groups is 1. The second-order valence-corrected chi connectivity index (χ2v) is 8.70. The summed E-state index contributed by atoms with van der Waals surface area (Å²) in [6.45, 7) is 9.13. The number of aromatic nitrogens is 1. The Kier molecular flexibility index (Phi) is 5.16.